The molecule has 0 unspecified atom stereocenters. The molecule has 25 heavy (non-hydrogen) atoms. The van der Waals surface area contributed by atoms with Gasteiger partial charge < -0.3 is 5.11 Å². The summed E-state index contributed by atoms with van der Waals surface area (Å²) in [7, 11) is 0. The molecule has 130 valence electrons. The van der Waals surface area contributed by atoms with Gasteiger partial charge in [-0.05, 0) is 30.7 Å². The molecule has 3 rings (SSSR count). The summed E-state index contributed by atoms with van der Waals surface area (Å²) in [6, 6.07) is 14.2. The zero-order chi connectivity index (χ0) is 18.1. The molecule has 0 atom stereocenters. The number of carboxylic acid groups (broad SMARTS) is 1. The average Bonchev–Trinajstić information content (AvgIpc) is 2.66. The number of rotatable bonds is 5. The van der Waals surface area contributed by atoms with Crippen LogP contribution in [0, 0.1) is 0 Å². The number of aromatic nitrogens is 2. The molecule has 0 bridgehead atoms. The van der Waals surface area contributed by atoms with Gasteiger partial charge in [0.1, 0.15) is 0 Å². The van der Waals surface area contributed by atoms with Crippen molar-refractivity contribution in [1.82, 2.24) is 9.97 Å². The Bertz CT molecular complexity index is 818. The van der Waals surface area contributed by atoms with E-state index in [1.165, 1.54) is 19.3 Å². The largest absolute Gasteiger partial charge is 0.478 e. The zero-order valence-corrected chi connectivity index (χ0v) is 14.9. The predicted molar refractivity (Wildman–Crippen MR) is 102 cm³/mol. The van der Waals surface area contributed by atoms with E-state index in [0.717, 1.165) is 5.88 Å². The van der Waals surface area contributed by atoms with Crippen LogP contribution in [0.25, 0.3) is 22.3 Å². The third-order valence-electron chi connectivity index (χ3n) is 3.61. The van der Waals surface area contributed by atoms with Crippen molar-refractivity contribution in [2.75, 3.05) is 5.88 Å². The number of halogens is 1. The Morgan fingerprint density at radius 3 is 2.44 bits per heavy atom. The summed E-state index contributed by atoms with van der Waals surface area (Å²) in [6.07, 6.45) is 5.39. The number of hydrogen-bond acceptors (Lipinski definition) is 3. The SMILES string of the molecule is CCCCCCl.O=C(O)c1cc(-c2ccccn2)nc2ccccc12. The van der Waals surface area contributed by atoms with E-state index >= 15 is 0 Å². The minimum absolute atomic E-state index is 0.242. The average molecular weight is 357 g/mol. The van der Waals surface area contributed by atoms with Crippen molar-refractivity contribution in [3.05, 3.63) is 60.3 Å². The van der Waals surface area contributed by atoms with Crippen molar-refractivity contribution in [2.45, 2.75) is 26.2 Å². The molecule has 1 aromatic carbocycles. The van der Waals surface area contributed by atoms with E-state index in [1.807, 2.05) is 24.3 Å². The highest BCUT2D eigenvalue weighted by Crippen LogP contribution is 2.23. The van der Waals surface area contributed by atoms with Crippen LogP contribution in [-0.2, 0) is 0 Å². The van der Waals surface area contributed by atoms with Crippen molar-refractivity contribution in [1.29, 1.82) is 0 Å². The fourth-order valence-corrected chi connectivity index (χ4v) is 2.53. The van der Waals surface area contributed by atoms with E-state index in [4.69, 9.17) is 11.6 Å². The molecule has 0 aliphatic rings. The molecule has 1 N–H and O–H groups in total. The summed E-state index contributed by atoms with van der Waals surface area (Å²) in [4.78, 5) is 20.0. The molecule has 2 aromatic heterocycles. The summed E-state index contributed by atoms with van der Waals surface area (Å²) < 4.78 is 0. The van der Waals surface area contributed by atoms with Crippen LogP contribution in [0.15, 0.2) is 54.7 Å². The van der Waals surface area contributed by atoms with Crippen molar-refractivity contribution < 1.29 is 9.90 Å². The third-order valence-corrected chi connectivity index (χ3v) is 3.88. The fraction of sp³-hybridized carbons (Fsp3) is 0.250. The number of fused-ring (bicyclic) bond motifs is 1. The molecular formula is C20H21ClN2O2. The van der Waals surface area contributed by atoms with E-state index in [9.17, 15) is 9.90 Å². The van der Waals surface area contributed by atoms with Gasteiger partial charge in [0.2, 0.25) is 0 Å². The van der Waals surface area contributed by atoms with Crippen LogP contribution in [0.3, 0.4) is 0 Å². The first-order valence-corrected chi connectivity index (χ1v) is 8.81. The van der Waals surface area contributed by atoms with Crippen LogP contribution in [0.2, 0.25) is 0 Å². The van der Waals surface area contributed by atoms with Gasteiger partial charge >= 0.3 is 5.97 Å². The first-order chi connectivity index (χ1) is 12.2. The summed E-state index contributed by atoms with van der Waals surface area (Å²) in [6.45, 7) is 2.17. The Morgan fingerprint density at radius 2 is 1.84 bits per heavy atom. The second-order valence-electron chi connectivity index (χ2n) is 5.49. The zero-order valence-electron chi connectivity index (χ0n) is 14.2. The number of pyridine rings is 2. The third kappa shape index (κ3) is 5.26. The Morgan fingerprint density at radius 1 is 1.08 bits per heavy atom. The first kappa shape index (κ1) is 18.9. The van der Waals surface area contributed by atoms with E-state index in [-0.39, 0.29) is 5.56 Å². The molecule has 5 heteroatoms. The van der Waals surface area contributed by atoms with Gasteiger partial charge in [-0.3, -0.25) is 4.98 Å². The highest BCUT2D eigenvalue weighted by Gasteiger charge is 2.12. The van der Waals surface area contributed by atoms with E-state index in [0.29, 0.717) is 22.3 Å². The number of nitrogens with zero attached hydrogens (tertiary/aromatic N) is 2. The van der Waals surface area contributed by atoms with Gasteiger partial charge in [0.15, 0.2) is 0 Å². The Hall–Kier alpha value is -2.46. The molecule has 0 fully saturated rings. The summed E-state index contributed by atoms with van der Waals surface area (Å²) in [5.74, 6) is -0.135. The van der Waals surface area contributed by atoms with Crippen LogP contribution in [0.1, 0.15) is 36.5 Å². The van der Waals surface area contributed by atoms with Crippen molar-refractivity contribution in [3.63, 3.8) is 0 Å². The topological polar surface area (TPSA) is 63.1 Å². The molecule has 0 aliphatic heterocycles. The van der Waals surface area contributed by atoms with Crippen LogP contribution in [-0.4, -0.2) is 26.9 Å². The second kappa shape index (κ2) is 9.74. The monoisotopic (exact) mass is 356 g/mol. The maximum atomic E-state index is 11.4. The molecule has 0 radical (unpaired) electrons. The lowest BCUT2D eigenvalue weighted by atomic mass is 10.1. The van der Waals surface area contributed by atoms with Gasteiger partial charge in [-0.25, -0.2) is 9.78 Å². The van der Waals surface area contributed by atoms with Gasteiger partial charge in [-0.2, -0.15) is 0 Å². The molecule has 4 nitrogen and oxygen atoms in total. The number of aromatic carboxylic acids is 1. The summed E-state index contributed by atoms with van der Waals surface area (Å²) in [5.41, 5.74) is 2.13. The minimum Gasteiger partial charge on any atom is -0.478 e. The smallest absolute Gasteiger partial charge is 0.336 e. The van der Waals surface area contributed by atoms with Crippen molar-refractivity contribution >= 4 is 28.5 Å². The fourth-order valence-electron chi connectivity index (χ4n) is 2.34. The molecular weight excluding hydrogens is 336 g/mol. The lowest BCUT2D eigenvalue weighted by Gasteiger charge is -2.06. The standard InChI is InChI=1S/C15H10N2O2.C5H11Cl/c18-15(19)11-9-14(13-7-3-4-8-16-13)17-12-6-2-1-5-10(11)12;1-2-3-4-5-6/h1-9H,(H,18,19);2-5H2,1H3. The maximum absolute atomic E-state index is 11.4. The molecule has 0 saturated heterocycles. The predicted octanol–water partition coefficient (Wildman–Crippen LogP) is 5.41. The minimum atomic E-state index is -0.962. The van der Waals surface area contributed by atoms with Crippen LogP contribution in [0.5, 0.6) is 0 Å². The number of benzene rings is 1. The number of alkyl halides is 1. The number of carbonyl (C=O) groups is 1. The normalized spacial score (nSPS) is 10.2. The molecule has 0 saturated carbocycles. The highest BCUT2D eigenvalue weighted by molar-refractivity contribution is 6.17. The van der Waals surface area contributed by atoms with Crippen LogP contribution >= 0.6 is 11.6 Å². The first-order valence-electron chi connectivity index (χ1n) is 8.27. The summed E-state index contributed by atoms with van der Waals surface area (Å²) in [5, 5.41) is 9.94. The second-order valence-corrected chi connectivity index (χ2v) is 5.87. The van der Waals surface area contributed by atoms with Gasteiger partial charge in [-0.15, -0.1) is 11.6 Å². The number of hydrogen-bond donors (Lipinski definition) is 1. The van der Waals surface area contributed by atoms with Crippen LogP contribution in [0.4, 0.5) is 0 Å². The van der Waals surface area contributed by atoms with Crippen LogP contribution < -0.4 is 0 Å². The Labute approximate surface area is 152 Å². The van der Waals surface area contributed by atoms with E-state index in [2.05, 4.69) is 16.9 Å². The van der Waals surface area contributed by atoms with Gasteiger partial charge in [-0.1, -0.05) is 44.0 Å². The van der Waals surface area contributed by atoms with Crippen molar-refractivity contribution in [3.8, 4) is 11.4 Å². The lowest BCUT2D eigenvalue weighted by Crippen LogP contribution is -2.00. The lowest BCUT2D eigenvalue weighted by molar-refractivity contribution is 0.0699. The number of carboxylic acids is 1. The van der Waals surface area contributed by atoms with Crippen molar-refractivity contribution in [2.24, 2.45) is 0 Å². The maximum Gasteiger partial charge on any atom is 0.336 e. The molecule has 3 aromatic rings. The van der Waals surface area contributed by atoms with E-state index in [1.54, 1.807) is 30.5 Å². The highest BCUT2D eigenvalue weighted by atomic mass is 35.5. The van der Waals surface area contributed by atoms with E-state index < -0.39 is 5.97 Å². The number of para-hydroxylation sites is 1. The molecule has 0 aliphatic carbocycles. The van der Waals surface area contributed by atoms with Gasteiger partial charge in [0.25, 0.3) is 0 Å². The van der Waals surface area contributed by atoms with Gasteiger partial charge in [0.05, 0.1) is 22.5 Å². The Balaban J connectivity index is 0.000000326. The molecule has 0 amide bonds. The molecule has 0 spiro atoms. The molecule has 2 heterocycles. The number of unbranched alkanes of at least 4 members (excludes halogenated alkanes) is 2. The summed E-state index contributed by atoms with van der Waals surface area (Å²) >= 11 is 5.38. The Kier molecular flexibility index (Phi) is 7.36. The van der Waals surface area contributed by atoms with Gasteiger partial charge in [0, 0.05) is 17.5 Å². The quantitative estimate of drug-likeness (QED) is 0.490.